The van der Waals surface area contributed by atoms with Crippen molar-refractivity contribution in [2.75, 3.05) is 39.3 Å². The third-order valence-electron chi connectivity index (χ3n) is 4.04. The maximum Gasteiger partial charge on any atom is 0.269 e. The molecule has 1 amide bonds. The number of benzene rings is 1. The molecule has 0 atom stereocenters. The van der Waals surface area contributed by atoms with Gasteiger partial charge in [0.15, 0.2) is 0 Å². The Labute approximate surface area is 136 Å². The minimum Gasteiger partial charge on any atom is -0.351 e. The van der Waals surface area contributed by atoms with Crippen molar-refractivity contribution < 1.29 is 4.79 Å². The zero-order chi connectivity index (χ0) is 15.9. The number of piperazine rings is 1. The number of aromatic amines is 1. The number of H-pyrrole nitrogens is 1. The Morgan fingerprint density at radius 1 is 1.22 bits per heavy atom. The molecule has 23 heavy (non-hydrogen) atoms. The Morgan fingerprint density at radius 3 is 2.78 bits per heavy atom. The van der Waals surface area contributed by atoms with Crippen LogP contribution in [0.15, 0.2) is 36.4 Å². The normalized spacial score (nSPS) is 15.5. The second-order valence-corrected chi connectivity index (χ2v) is 5.73. The van der Waals surface area contributed by atoms with E-state index in [4.69, 9.17) is 0 Å². The van der Waals surface area contributed by atoms with Gasteiger partial charge in [0.2, 0.25) is 0 Å². The summed E-state index contributed by atoms with van der Waals surface area (Å²) in [7, 11) is 0. The fraction of sp³-hybridized carbons (Fsp3) is 0.412. The van der Waals surface area contributed by atoms with Gasteiger partial charge in [-0.2, -0.15) is 5.10 Å². The average molecular weight is 313 g/mol. The van der Waals surface area contributed by atoms with Gasteiger partial charge >= 0.3 is 0 Å². The van der Waals surface area contributed by atoms with Crippen LogP contribution in [0.3, 0.4) is 0 Å². The number of amides is 1. The Morgan fingerprint density at radius 2 is 2.00 bits per heavy atom. The number of carbonyl (C=O) groups excluding carboxylic acids is 1. The molecule has 1 saturated heterocycles. The average Bonchev–Trinajstić information content (AvgIpc) is 3.10. The number of nitrogens with zero attached hydrogens (tertiary/aromatic N) is 2. The van der Waals surface area contributed by atoms with Gasteiger partial charge in [-0.05, 0) is 19.0 Å². The quantitative estimate of drug-likeness (QED) is 0.698. The highest BCUT2D eigenvalue weighted by atomic mass is 16.1. The molecule has 3 N–H and O–H groups in total. The molecule has 122 valence electrons. The molecule has 2 heterocycles. The van der Waals surface area contributed by atoms with E-state index in [9.17, 15) is 4.79 Å². The summed E-state index contributed by atoms with van der Waals surface area (Å²) in [5.41, 5.74) is 2.30. The number of carbonyl (C=O) groups is 1. The van der Waals surface area contributed by atoms with Gasteiger partial charge in [-0.15, -0.1) is 0 Å². The van der Waals surface area contributed by atoms with Crippen molar-refractivity contribution in [3.05, 3.63) is 42.1 Å². The van der Waals surface area contributed by atoms with Gasteiger partial charge in [0.1, 0.15) is 5.69 Å². The van der Waals surface area contributed by atoms with Gasteiger partial charge in [-0.1, -0.05) is 30.3 Å². The first-order valence-electron chi connectivity index (χ1n) is 8.15. The van der Waals surface area contributed by atoms with E-state index in [1.165, 1.54) is 0 Å². The van der Waals surface area contributed by atoms with Crippen molar-refractivity contribution in [2.24, 2.45) is 0 Å². The molecule has 0 unspecified atom stereocenters. The van der Waals surface area contributed by atoms with Crippen LogP contribution >= 0.6 is 0 Å². The third-order valence-corrected chi connectivity index (χ3v) is 4.04. The zero-order valence-corrected chi connectivity index (χ0v) is 13.2. The van der Waals surface area contributed by atoms with Crippen molar-refractivity contribution in [3.8, 4) is 11.3 Å². The van der Waals surface area contributed by atoms with Crippen molar-refractivity contribution in [1.29, 1.82) is 0 Å². The maximum absolute atomic E-state index is 12.1. The first-order chi connectivity index (χ1) is 11.3. The van der Waals surface area contributed by atoms with E-state index in [2.05, 4.69) is 25.7 Å². The van der Waals surface area contributed by atoms with Crippen LogP contribution in [-0.4, -0.2) is 60.3 Å². The van der Waals surface area contributed by atoms with E-state index < -0.39 is 0 Å². The Hall–Kier alpha value is -2.18. The molecule has 1 aromatic carbocycles. The molecular formula is C17H23N5O. The summed E-state index contributed by atoms with van der Waals surface area (Å²) >= 11 is 0. The van der Waals surface area contributed by atoms with E-state index in [0.29, 0.717) is 12.2 Å². The topological polar surface area (TPSA) is 73.1 Å². The Kier molecular flexibility index (Phi) is 5.39. The van der Waals surface area contributed by atoms with Crippen LogP contribution in [0.5, 0.6) is 0 Å². The van der Waals surface area contributed by atoms with Gasteiger partial charge in [0.25, 0.3) is 5.91 Å². The lowest BCUT2D eigenvalue weighted by atomic mass is 10.1. The predicted octanol–water partition coefficient (Wildman–Crippen LogP) is 1.10. The van der Waals surface area contributed by atoms with E-state index in [1.807, 2.05) is 30.3 Å². The number of hydrogen-bond donors (Lipinski definition) is 3. The minimum absolute atomic E-state index is 0.0972. The molecule has 0 saturated carbocycles. The summed E-state index contributed by atoms with van der Waals surface area (Å²) in [4.78, 5) is 14.6. The lowest BCUT2D eigenvalue weighted by Crippen LogP contribution is -2.44. The Balaban J connectivity index is 1.44. The molecule has 0 aliphatic carbocycles. The zero-order valence-electron chi connectivity index (χ0n) is 13.2. The minimum atomic E-state index is -0.0972. The SMILES string of the molecule is O=C(NCCCN1CCNCC1)c1cc(-c2ccccc2)n[nH]1. The predicted molar refractivity (Wildman–Crippen MR) is 90.3 cm³/mol. The van der Waals surface area contributed by atoms with Crippen molar-refractivity contribution in [2.45, 2.75) is 6.42 Å². The monoisotopic (exact) mass is 313 g/mol. The fourth-order valence-corrected chi connectivity index (χ4v) is 2.73. The Bertz CT molecular complexity index is 619. The van der Waals surface area contributed by atoms with E-state index in [-0.39, 0.29) is 5.91 Å². The molecule has 1 fully saturated rings. The van der Waals surface area contributed by atoms with Gasteiger partial charge in [-0.25, -0.2) is 0 Å². The van der Waals surface area contributed by atoms with E-state index >= 15 is 0 Å². The molecular weight excluding hydrogens is 290 g/mol. The standard InChI is InChI=1S/C17H23N5O/c23-17(19-7-4-10-22-11-8-18-9-12-22)16-13-15(20-21-16)14-5-2-1-3-6-14/h1-3,5-6,13,18H,4,7-12H2,(H,19,23)(H,20,21). The molecule has 3 rings (SSSR count). The molecule has 0 bridgehead atoms. The highest BCUT2D eigenvalue weighted by Crippen LogP contribution is 2.16. The van der Waals surface area contributed by atoms with Crippen molar-refractivity contribution in [1.82, 2.24) is 25.7 Å². The molecule has 0 spiro atoms. The summed E-state index contributed by atoms with van der Waals surface area (Å²) in [6.45, 7) is 6.01. The highest BCUT2D eigenvalue weighted by Gasteiger charge is 2.11. The smallest absolute Gasteiger partial charge is 0.269 e. The van der Waals surface area contributed by atoms with Crippen LogP contribution in [0.25, 0.3) is 11.3 Å². The van der Waals surface area contributed by atoms with Crippen LogP contribution in [0.2, 0.25) is 0 Å². The second kappa shape index (κ2) is 7.89. The maximum atomic E-state index is 12.1. The third kappa shape index (κ3) is 4.40. The summed E-state index contributed by atoms with van der Waals surface area (Å²) in [6, 6.07) is 11.6. The molecule has 0 radical (unpaired) electrons. The summed E-state index contributed by atoms with van der Waals surface area (Å²) < 4.78 is 0. The summed E-state index contributed by atoms with van der Waals surface area (Å²) in [6.07, 6.45) is 0.964. The van der Waals surface area contributed by atoms with Gasteiger partial charge < -0.3 is 15.5 Å². The lowest BCUT2D eigenvalue weighted by Gasteiger charge is -2.26. The van der Waals surface area contributed by atoms with Crippen LogP contribution in [-0.2, 0) is 0 Å². The molecule has 1 aromatic heterocycles. The molecule has 1 aliphatic heterocycles. The number of aromatic nitrogens is 2. The number of hydrogen-bond acceptors (Lipinski definition) is 4. The van der Waals surface area contributed by atoms with Crippen molar-refractivity contribution in [3.63, 3.8) is 0 Å². The largest absolute Gasteiger partial charge is 0.351 e. The molecule has 2 aromatic rings. The first-order valence-corrected chi connectivity index (χ1v) is 8.15. The van der Waals surface area contributed by atoms with Crippen LogP contribution < -0.4 is 10.6 Å². The van der Waals surface area contributed by atoms with E-state index in [0.717, 1.165) is 50.4 Å². The number of rotatable bonds is 6. The van der Waals surface area contributed by atoms with Crippen LogP contribution in [0.4, 0.5) is 0 Å². The van der Waals surface area contributed by atoms with Gasteiger partial charge in [0.05, 0.1) is 5.69 Å². The second-order valence-electron chi connectivity index (χ2n) is 5.73. The summed E-state index contributed by atoms with van der Waals surface area (Å²) in [5.74, 6) is -0.0972. The van der Waals surface area contributed by atoms with Gasteiger partial charge in [0, 0.05) is 38.3 Å². The fourth-order valence-electron chi connectivity index (χ4n) is 2.73. The van der Waals surface area contributed by atoms with Crippen LogP contribution in [0, 0.1) is 0 Å². The van der Waals surface area contributed by atoms with Crippen molar-refractivity contribution >= 4 is 5.91 Å². The van der Waals surface area contributed by atoms with Gasteiger partial charge in [-0.3, -0.25) is 9.89 Å². The number of nitrogens with one attached hydrogen (secondary N) is 3. The van der Waals surface area contributed by atoms with Crippen LogP contribution in [0.1, 0.15) is 16.9 Å². The summed E-state index contributed by atoms with van der Waals surface area (Å²) in [5, 5.41) is 13.3. The molecule has 6 heteroatoms. The highest BCUT2D eigenvalue weighted by molar-refractivity contribution is 5.93. The molecule has 1 aliphatic rings. The lowest BCUT2D eigenvalue weighted by molar-refractivity contribution is 0.0946. The first kappa shape index (κ1) is 15.7. The molecule has 6 nitrogen and oxygen atoms in total. The van der Waals surface area contributed by atoms with E-state index in [1.54, 1.807) is 6.07 Å².